The highest BCUT2D eigenvalue weighted by Gasteiger charge is 2.28. The van der Waals surface area contributed by atoms with Crippen LogP contribution < -0.4 is 0 Å². The Hall–Kier alpha value is -2.21. The SMILES string of the molecule is CCOC(=O)C1=CCOC1c1ccc([N+](=O)[O-])cc1. The lowest BCUT2D eigenvalue weighted by Gasteiger charge is -2.13. The minimum absolute atomic E-state index is 0.00316. The number of hydrogen-bond donors (Lipinski definition) is 0. The van der Waals surface area contributed by atoms with Gasteiger partial charge in [0.05, 0.1) is 23.7 Å². The first-order valence-corrected chi connectivity index (χ1v) is 5.86. The summed E-state index contributed by atoms with van der Waals surface area (Å²) in [5.41, 5.74) is 1.14. The first-order valence-electron chi connectivity index (χ1n) is 5.86. The fraction of sp³-hybridized carbons (Fsp3) is 0.308. The van der Waals surface area contributed by atoms with Crippen molar-refractivity contribution in [2.45, 2.75) is 13.0 Å². The first-order chi connectivity index (χ1) is 9.13. The molecule has 100 valence electrons. The summed E-state index contributed by atoms with van der Waals surface area (Å²) >= 11 is 0. The molecule has 1 aromatic carbocycles. The number of carbonyl (C=O) groups is 1. The lowest BCUT2D eigenvalue weighted by molar-refractivity contribution is -0.384. The highest BCUT2D eigenvalue weighted by atomic mass is 16.6. The van der Waals surface area contributed by atoms with Crippen molar-refractivity contribution < 1.29 is 19.2 Å². The minimum Gasteiger partial charge on any atom is -0.463 e. The highest BCUT2D eigenvalue weighted by Crippen LogP contribution is 2.32. The van der Waals surface area contributed by atoms with Crippen LogP contribution in [0, 0.1) is 10.1 Å². The van der Waals surface area contributed by atoms with Gasteiger partial charge in [-0.2, -0.15) is 0 Å². The van der Waals surface area contributed by atoms with Gasteiger partial charge in [0, 0.05) is 12.1 Å². The average Bonchev–Trinajstić information content (AvgIpc) is 2.88. The van der Waals surface area contributed by atoms with E-state index in [9.17, 15) is 14.9 Å². The van der Waals surface area contributed by atoms with Gasteiger partial charge in [0.1, 0.15) is 6.10 Å². The smallest absolute Gasteiger partial charge is 0.336 e. The fourth-order valence-corrected chi connectivity index (χ4v) is 1.88. The average molecular weight is 263 g/mol. The van der Waals surface area contributed by atoms with Crippen molar-refractivity contribution in [2.75, 3.05) is 13.2 Å². The van der Waals surface area contributed by atoms with Crippen LogP contribution in [0.15, 0.2) is 35.9 Å². The van der Waals surface area contributed by atoms with Crippen molar-refractivity contribution in [1.29, 1.82) is 0 Å². The number of esters is 1. The number of carbonyl (C=O) groups excluding carboxylic acids is 1. The lowest BCUT2D eigenvalue weighted by Crippen LogP contribution is -2.13. The van der Waals surface area contributed by atoms with Crippen LogP contribution in [0.3, 0.4) is 0 Å². The third kappa shape index (κ3) is 2.79. The number of hydrogen-bond acceptors (Lipinski definition) is 5. The van der Waals surface area contributed by atoms with E-state index in [-0.39, 0.29) is 5.69 Å². The maximum absolute atomic E-state index is 11.7. The second kappa shape index (κ2) is 5.62. The van der Waals surface area contributed by atoms with E-state index in [0.717, 1.165) is 0 Å². The van der Waals surface area contributed by atoms with Crippen molar-refractivity contribution in [3.8, 4) is 0 Å². The van der Waals surface area contributed by atoms with Crippen LogP contribution in [0.5, 0.6) is 0 Å². The molecule has 19 heavy (non-hydrogen) atoms. The Labute approximate surface area is 109 Å². The summed E-state index contributed by atoms with van der Waals surface area (Å²) in [6.45, 7) is 2.36. The van der Waals surface area contributed by atoms with Gasteiger partial charge in [-0.1, -0.05) is 0 Å². The molecule has 0 amide bonds. The van der Waals surface area contributed by atoms with E-state index in [0.29, 0.717) is 24.4 Å². The van der Waals surface area contributed by atoms with E-state index in [1.807, 2.05) is 0 Å². The van der Waals surface area contributed by atoms with Gasteiger partial charge < -0.3 is 9.47 Å². The van der Waals surface area contributed by atoms with Crippen molar-refractivity contribution >= 4 is 11.7 Å². The second-order valence-electron chi connectivity index (χ2n) is 3.94. The predicted octanol–water partition coefficient (Wildman–Crippen LogP) is 2.16. The summed E-state index contributed by atoms with van der Waals surface area (Å²) in [6, 6.07) is 5.95. The molecule has 0 aliphatic carbocycles. The Morgan fingerprint density at radius 1 is 1.47 bits per heavy atom. The maximum atomic E-state index is 11.7. The molecule has 2 rings (SSSR count). The molecule has 0 radical (unpaired) electrons. The van der Waals surface area contributed by atoms with E-state index >= 15 is 0 Å². The largest absolute Gasteiger partial charge is 0.463 e. The van der Waals surface area contributed by atoms with Crippen LogP contribution in [0.2, 0.25) is 0 Å². The Kier molecular flexibility index (Phi) is 3.91. The zero-order valence-electron chi connectivity index (χ0n) is 10.4. The molecule has 6 nitrogen and oxygen atoms in total. The molecular weight excluding hydrogens is 250 g/mol. The number of benzene rings is 1. The molecule has 0 saturated carbocycles. The number of nitrogens with zero attached hydrogens (tertiary/aromatic N) is 1. The van der Waals surface area contributed by atoms with Crippen LogP contribution in [-0.4, -0.2) is 24.1 Å². The molecule has 0 spiro atoms. The van der Waals surface area contributed by atoms with Crippen molar-refractivity contribution in [3.05, 3.63) is 51.6 Å². The van der Waals surface area contributed by atoms with Gasteiger partial charge in [-0.05, 0) is 30.7 Å². The molecule has 0 fully saturated rings. The molecule has 0 saturated heterocycles. The molecule has 1 aliphatic heterocycles. The number of ether oxygens (including phenoxy) is 2. The quantitative estimate of drug-likeness (QED) is 0.472. The number of nitro benzene ring substituents is 1. The summed E-state index contributed by atoms with van der Waals surface area (Å²) < 4.78 is 10.4. The van der Waals surface area contributed by atoms with Crippen LogP contribution in [0.25, 0.3) is 0 Å². The standard InChI is InChI=1S/C13H13NO5/c1-2-18-13(15)11-7-8-19-12(11)9-3-5-10(6-4-9)14(16)17/h3-7,12H,2,8H2,1H3. The van der Waals surface area contributed by atoms with Crippen LogP contribution >= 0.6 is 0 Å². The molecule has 6 heteroatoms. The lowest BCUT2D eigenvalue weighted by atomic mass is 10.0. The van der Waals surface area contributed by atoms with Crippen molar-refractivity contribution in [3.63, 3.8) is 0 Å². The van der Waals surface area contributed by atoms with Gasteiger partial charge in [0.15, 0.2) is 0 Å². The predicted molar refractivity (Wildman–Crippen MR) is 66.5 cm³/mol. The second-order valence-corrected chi connectivity index (χ2v) is 3.94. The Balaban J connectivity index is 2.19. The molecule has 0 bridgehead atoms. The maximum Gasteiger partial charge on any atom is 0.336 e. The summed E-state index contributed by atoms with van der Waals surface area (Å²) in [5.74, 6) is -0.414. The number of nitro groups is 1. The van der Waals surface area contributed by atoms with E-state index in [2.05, 4.69) is 0 Å². The van der Waals surface area contributed by atoms with Gasteiger partial charge in [-0.15, -0.1) is 0 Å². The summed E-state index contributed by atoms with van der Waals surface area (Å²) in [7, 11) is 0. The third-order valence-electron chi connectivity index (χ3n) is 2.77. The number of non-ortho nitro benzene ring substituents is 1. The number of rotatable bonds is 4. The summed E-state index contributed by atoms with van der Waals surface area (Å²) in [6.07, 6.45) is 1.16. The van der Waals surface area contributed by atoms with Crippen LogP contribution in [0.1, 0.15) is 18.6 Å². The van der Waals surface area contributed by atoms with E-state index < -0.39 is 17.0 Å². The normalized spacial score (nSPS) is 17.9. The van der Waals surface area contributed by atoms with Gasteiger partial charge in [-0.25, -0.2) is 4.79 Å². The van der Waals surface area contributed by atoms with E-state index in [1.165, 1.54) is 12.1 Å². The minimum atomic E-state index is -0.514. The zero-order valence-corrected chi connectivity index (χ0v) is 10.4. The summed E-state index contributed by atoms with van der Waals surface area (Å²) in [4.78, 5) is 21.8. The van der Waals surface area contributed by atoms with Gasteiger partial charge in [-0.3, -0.25) is 10.1 Å². The monoisotopic (exact) mass is 263 g/mol. The molecule has 1 unspecified atom stereocenters. The van der Waals surface area contributed by atoms with E-state index in [4.69, 9.17) is 9.47 Å². The van der Waals surface area contributed by atoms with Crippen LogP contribution in [0.4, 0.5) is 5.69 Å². The Morgan fingerprint density at radius 3 is 2.74 bits per heavy atom. The first kappa shape index (κ1) is 13.2. The fourth-order valence-electron chi connectivity index (χ4n) is 1.88. The van der Waals surface area contributed by atoms with Crippen molar-refractivity contribution in [1.82, 2.24) is 0 Å². The zero-order chi connectivity index (χ0) is 13.8. The molecule has 0 aromatic heterocycles. The van der Waals surface area contributed by atoms with Crippen molar-refractivity contribution in [2.24, 2.45) is 0 Å². The summed E-state index contributed by atoms with van der Waals surface area (Å²) in [5, 5.41) is 10.6. The van der Waals surface area contributed by atoms with Gasteiger partial charge in [0.25, 0.3) is 5.69 Å². The van der Waals surface area contributed by atoms with E-state index in [1.54, 1.807) is 25.1 Å². The topological polar surface area (TPSA) is 78.7 Å². The van der Waals surface area contributed by atoms with Gasteiger partial charge >= 0.3 is 5.97 Å². The molecular formula is C13H13NO5. The highest BCUT2D eigenvalue weighted by molar-refractivity contribution is 5.90. The van der Waals surface area contributed by atoms with Gasteiger partial charge in [0.2, 0.25) is 0 Å². The Bertz CT molecular complexity index is 520. The molecule has 1 aromatic rings. The molecule has 1 atom stereocenters. The van der Waals surface area contributed by atoms with Crippen LogP contribution in [-0.2, 0) is 14.3 Å². The Morgan fingerprint density at radius 2 is 2.16 bits per heavy atom. The molecule has 1 heterocycles. The third-order valence-corrected chi connectivity index (χ3v) is 2.77. The molecule has 0 N–H and O–H groups in total. The molecule has 1 aliphatic rings.